The molecule has 1 fully saturated rings. The van der Waals surface area contributed by atoms with Gasteiger partial charge in [0, 0.05) is 25.7 Å². The van der Waals surface area contributed by atoms with E-state index in [0.29, 0.717) is 17.4 Å². The third-order valence-corrected chi connectivity index (χ3v) is 3.66. The molecule has 1 aromatic rings. The lowest BCUT2D eigenvalue weighted by atomic mass is 10.2. The summed E-state index contributed by atoms with van der Waals surface area (Å²) in [6.45, 7) is 4.54. The molecule has 1 aromatic carbocycles. The molecule has 1 aliphatic rings. The second-order valence-corrected chi connectivity index (χ2v) is 5.09. The minimum atomic E-state index is 0.00862. The fourth-order valence-electron chi connectivity index (χ4n) is 2.14. The van der Waals surface area contributed by atoms with E-state index in [0.717, 1.165) is 19.6 Å². The smallest absolute Gasteiger partial charge is 0.260 e. The zero-order valence-corrected chi connectivity index (χ0v) is 11.9. The van der Waals surface area contributed by atoms with E-state index in [-0.39, 0.29) is 12.5 Å². The van der Waals surface area contributed by atoms with Crippen molar-refractivity contribution in [3.8, 4) is 11.8 Å². The third-order valence-electron chi connectivity index (χ3n) is 3.66. The summed E-state index contributed by atoms with van der Waals surface area (Å²) < 4.78 is 5.47. The molecule has 1 heterocycles. The van der Waals surface area contributed by atoms with Gasteiger partial charge < -0.3 is 14.5 Å². The molecule has 0 saturated carbocycles. The van der Waals surface area contributed by atoms with Crippen molar-refractivity contribution in [3.05, 3.63) is 29.8 Å². The molecule has 1 aliphatic heterocycles. The normalized spacial score (nSPS) is 19.4. The van der Waals surface area contributed by atoms with Gasteiger partial charge in [0.05, 0.1) is 11.6 Å². The minimum Gasteiger partial charge on any atom is -0.484 e. The van der Waals surface area contributed by atoms with E-state index in [4.69, 9.17) is 10.00 Å². The van der Waals surface area contributed by atoms with E-state index in [1.807, 2.05) is 11.0 Å². The summed E-state index contributed by atoms with van der Waals surface area (Å²) in [5.41, 5.74) is 0.580. The molecule has 0 aliphatic carbocycles. The number of ether oxygens (including phenoxy) is 1. The predicted octanol–water partition coefficient (Wildman–Crippen LogP) is 1.10. The van der Waals surface area contributed by atoms with E-state index >= 15 is 0 Å². The van der Waals surface area contributed by atoms with Gasteiger partial charge in [-0.3, -0.25) is 4.79 Å². The van der Waals surface area contributed by atoms with Crippen molar-refractivity contribution in [3.63, 3.8) is 0 Å². The average Bonchev–Trinajstić information content (AvgIpc) is 2.48. The van der Waals surface area contributed by atoms with Gasteiger partial charge in [-0.25, -0.2) is 0 Å². The van der Waals surface area contributed by atoms with Crippen molar-refractivity contribution in [2.75, 3.05) is 33.3 Å². The molecule has 0 spiro atoms. The second-order valence-electron chi connectivity index (χ2n) is 5.09. The lowest BCUT2D eigenvalue weighted by Gasteiger charge is -2.37. The average molecular weight is 273 g/mol. The van der Waals surface area contributed by atoms with Crippen LogP contribution in [-0.2, 0) is 4.79 Å². The van der Waals surface area contributed by atoms with Crippen molar-refractivity contribution >= 4 is 5.91 Å². The maximum Gasteiger partial charge on any atom is 0.260 e. The molecule has 1 amide bonds. The van der Waals surface area contributed by atoms with Crippen molar-refractivity contribution in [1.82, 2.24) is 9.80 Å². The Bertz CT molecular complexity index is 507. The van der Waals surface area contributed by atoms with Crippen LogP contribution in [0, 0.1) is 11.3 Å². The topological polar surface area (TPSA) is 56.6 Å². The molecule has 0 N–H and O–H groups in total. The summed E-state index contributed by atoms with van der Waals surface area (Å²) in [6.07, 6.45) is 0. The maximum atomic E-state index is 12.1. The van der Waals surface area contributed by atoms with Crippen molar-refractivity contribution in [2.45, 2.75) is 13.0 Å². The third kappa shape index (κ3) is 3.49. The lowest BCUT2D eigenvalue weighted by molar-refractivity contribution is -0.135. The number of rotatable bonds is 3. The standard InChI is InChI=1S/C15H19N3O2/c1-12-10-18(8-7-17(12)2)15(19)11-20-14-5-3-13(9-16)4-6-14/h3-6,12H,7-8,10-11H2,1-2H3. The Morgan fingerprint density at radius 1 is 1.40 bits per heavy atom. The predicted molar refractivity (Wildman–Crippen MR) is 75.3 cm³/mol. The zero-order chi connectivity index (χ0) is 14.5. The Morgan fingerprint density at radius 3 is 2.70 bits per heavy atom. The van der Waals surface area contributed by atoms with E-state index in [9.17, 15) is 4.79 Å². The number of nitrogens with zero attached hydrogens (tertiary/aromatic N) is 3. The van der Waals surface area contributed by atoms with Crippen LogP contribution in [0.3, 0.4) is 0 Å². The molecule has 1 unspecified atom stereocenters. The lowest BCUT2D eigenvalue weighted by Crippen LogP contribution is -2.53. The highest BCUT2D eigenvalue weighted by Crippen LogP contribution is 2.12. The number of nitriles is 1. The number of carbonyl (C=O) groups excluding carboxylic acids is 1. The summed E-state index contributed by atoms with van der Waals surface area (Å²) in [7, 11) is 2.07. The Morgan fingerprint density at radius 2 is 2.10 bits per heavy atom. The summed E-state index contributed by atoms with van der Waals surface area (Å²) >= 11 is 0. The molecule has 20 heavy (non-hydrogen) atoms. The molecule has 0 bridgehead atoms. The summed E-state index contributed by atoms with van der Waals surface area (Å²) in [6, 6.07) is 9.19. The van der Waals surface area contributed by atoms with E-state index < -0.39 is 0 Å². The van der Waals surface area contributed by atoms with Gasteiger partial charge in [0.25, 0.3) is 5.91 Å². The van der Waals surface area contributed by atoms with Crippen molar-refractivity contribution in [2.24, 2.45) is 0 Å². The molecule has 1 saturated heterocycles. The molecular formula is C15H19N3O2. The summed E-state index contributed by atoms with van der Waals surface area (Å²) in [5.74, 6) is 0.619. The molecule has 0 radical (unpaired) electrons. The first-order valence-corrected chi connectivity index (χ1v) is 6.71. The van der Waals surface area contributed by atoms with Crippen LogP contribution in [0.5, 0.6) is 5.75 Å². The van der Waals surface area contributed by atoms with Crippen LogP contribution in [-0.4, -0.2) is 55.0 Å². The fourth-order valence-corrected chi connectivity index (χ4v) is 2.14. The number of hydrogen-bond acceptors (Lipinski definition) is 4. The van der Waals surface area contributed by atoms with Gasteiger partial charge >= 0.3 is 0 Å². The van der Waals surface area contributed by atoms with Crippen LogP contribution in [0.15, 0.2) is 24.3 Å². The monoisotopic (exact) mass is 273 g/mol. The molecule has 2 rings (SSSR count). The second kappa shape index (κ2) is 6.40. The molecular weight excluding hydrogens is 254 g/mol. The van der Waals surface area contributed by atoms with Gasteiger partial charge in [-0.05, 0) is 38.2 Å². The van der Waals surface area contributed by atoms with E-state index in [1.165, 1.54) is 0 Å². The van der Waals surface area contributed by atoms with Gasteiger partial charge in [-0.15, -0.1) is 0 Å². The largest absolute Gasteiger partial charge is 0.484 e. The van der Waals surface area contributed by atoms with Crippen LogP contribution in [0.1, 0.15) is 12.5 Å². The van der Waals surface area contributed by atoms with Crippen LogP contribution in [0.4, 0.5) is 0 Å². The van der Waals surface area contributed by atoms with Crippen molar-refractivity contribution in [1.29, 1.82) is 5.26 Å². The Hall–Kier alpha value is -2.06. The van der Waals surface area contributed by atoms with Gasteiger partial charge in [0.15, 0.2) is 6.61 Å². The van der Waals surface area contributed by atoms with E-state index in [1.54, 1.807) is 24.3 Å². The molecule has 5 heteroatoms. The molecule has 106 valence electrons. The Labute approximate surface area is 119 Å². The van der Waals surface area contributed by atoms with E-state index in [2.05, 4.69) is 18.9 Å². The number of piperazine rings is 1. The van der Waals surface area contributed by atoms with Crippen LogP contribution in [0.2, 0.25) is 0 Å². The number of amides is 1. The Kier molecular flexibility index (Phi) is 4.59. The van der Waals surface area contributed by atoms with Gasteiger partial charge in [-0.1, -0.05) is 0 Å². The minimum absolute atomic E-state index is 0.00862. The molecule has 5 nitrogen and oxygen atoms in total. The summed E-state index contributed by atoms with van der Waals surface area (Å²) in [4.78, 5) is 16.2. The van der Waals surface area contributed by atoms with Crippen LogP contribution < -0.4 is 4.74 Å². The number of carbonyl (C=O) groups is 1. The first-order chi connectivity index (χ1) is 9.60. The quantitative estimate of drug-likeness (QED) is 0.827. The first kappa shape index (κ1) is 14.4. The zero-order valence-electron chi connectivity index (χ0n) is 11.9. The fraction of sp³-hybridized carbons (Fsp3) is 0.467. The van der Waals surface area contributed by atoms with Gasteiger partial charge in [0.1, 0.15) is 5.75 Å². The number of benzene rings is 1. The summed E-state index contributed by atoms with van der Waals surface area (Å²) in [5, 5.41) is 8.71. The number of hydrogen-bond donors (Lipinski definition) is 0. The highest BCUT2D eigenvalue weighted by molar-refractivity contribution is 5.78. The highest BCUT2D eigenvalue weighted by atomic mass is 16.5. The van der Waals surface area contributed by atoms with Gasteiger partial charge in [-0.2, -0.15) is 5.26 Å². The highest BCUT2D eigenvalue weighted by Gasteiger charge is 2.24. The van der Waals surface area contributed by atoms with Crippen LogP contribution in [0.25, 0.3) is 0 Å². The Balaban J connectivity index is 1.84. The SMILES string of the molecule is CC1CN(C(=O)COc2ccc(C#N)cc2)CCN1C. The number of likely N-dealkylation sites (N-methyl/N-ethyl adjacent to an activating group) is 1. The first-order valence-electron chi connectivity index (χ1n) is 6.71. The van der Waals surface area contributed by atoms with Crippen LogP contribution >= 0.6 is 0 Å². The van der Waals surface area contributed by atoms with Crippen molar-refractivity contribution < 1.29 is 9.53 Å². The maximum absolute atomic E-state index is 12.1. The van der Waals surface area contributed by atoms with Gasteiger partial charge in [0.2, 0.25) is 0 Å². The molecule has 1 atom stereocenters. The molecule has 0 aromatic heterocycles.